The van der Waals surface area contributed by atoms with Gasteiger partial charge in [0.05, 0.1) is 0 Å². The van der Waals surface area contributed by atoms with E-state index in [-0.39, 0.29) is 10.8 Å². The van der Waals surface area contributed by atoms with Crippen LogP contribution in [0.1, 0.15) is 255 Å². The highest BCUT2D eigenvalue weighted by molar-refractivity contribution is 9.10. The molecule has 2 aliphatic rings. The summed E-state index contributed by atoms with van der Waals surface area (Å²) in [5, 5.41) is 5.40. The van der Waals surface area contributed by atoms with Crippen LogP contribution in [0.5, 0.6) is 0 Å². The van der Waals surface area contributed by atoms with E-state index in [4.69, 9.17) is 0 Å². The van der Waals surface area contributed by atoms with Gasteiger partial charge in [-0.25, -0.2) is 0 Å². The minimum Gasteiger partial charge on any atom is -0.340 e. The summed E-state index contributed by atoms with van der Waals surface area (Å²) in [6.45, 7) is 11.4. The smallest absolute Gasteiger partial charge is 0.0492 e. The van der Waals surface area contributed by atoms with Crippen molar-refractivity contribution in [1.82, 2.24) is 9.13 Å². The zero-order valence-electron chi connectivity index (χ0n) is 56.7. The lowest BCUT2D eigenvalue weighted by Crippen LogP contribution is -2.25. The molecule has 0 unspecified atom stereocenters. The van der Waals surface area contributed by atoms with Gasteiger partial charge in [-0.3, -0.25) is 0 Å². The SMILES string of the molecule is CCCCCCCCC1(CCCCCCCC)c2ccccc2-c2ccc(-c3ccc4c(c3)c3cc(-c5ccc6c(c5)C(CCCCCCCC)(CCCCCCCC)c5ccccc5-6)ccc3n4CCCCCCn3c4ccc(Br)cc4c4cc(Br)ccc43)cc21. The number of unbranched alkanes of at least 4 members (excludes halogenated alkanes) is 23. The van der Waals surface area contributed by atoms with Crippen molar-refractivity contribution in [3.63, 3.8) is 0 Å². The van der Waals surface area contributed by atoms with Crippen LogP contribution in [0.15, 0.2) is 167 Å². The summed E-state index contributed by atoms with van der Waals surface area (Å²) in [5.41, 5.74) is 23.1. The Hall–Kier alpha value is -5.68. The van der Waals surface area contributed by atoms with Gasteiger partial charge >= 0.3 is 0 Å². The van der Waals surface area contributed by atoms with Gasteiger partial charge in [0.1, 0.15) is 0 Å². The van der Waals surface area contributed by atoms with E-state index in [0.29, 0.717) is 0 Å². The van der Waals surface area contributed by atoms with Gasteiger partial charge < -0.3 is 9.13 Å². The predicted octanol–water partition coefficient (Wildman–Crippen LogP) is 28.6. The summed E-state index contributed by atoms with van der Waals surface area (Å²) in [7, 11) is 0. The van der Waals surface area contributed by atoms with Crippen molar-refractivity contribution in [3.05, 3.63) is 189 Å². The van der Waals surface area contributed by atoms with E-state index in [1.165, 1.54) is 281 Å². The molecule has 10 aromatic rings. The maximum Gasteiger partial charge on any atom is 0.0492 e. The zero-order valence-corrected chi connectivity index (χ0v) is 59.9. The van der Waals surface area contributed by atoms with E-state index in [1.807, 2.05) is 0 Å². The van der Waals surface area contributed by atoms with Crippen LogP contribution in [0.4, 0.5) is 0 Å². The molecule has 0 N–H and O–H groups in total. The van der Waals surface area contributed by atoms with Gasteiger partial charge in [-0.2, -0.15) is 0 Å². The number of hydrogen-bond donors (Lipinski definition) is 0. The maximum absolute atomic E-state index is 3.77. The average molecular weight is 1350 g/mol. The third kappa shape index (κ3) is 14.2. The first-order valence-corrected chi connectivity index (χ1v) is 38.8. The van der Waals surface area contributed by atoms with Crippen LogP contribution >= 0.6 is 31.9 Å². The highest BCUT2D eigenvalue weighted by Crippen LogP contribution is 2.57. The number of halogens is 2. The Kier molecular flexibility index (Phi) is 22.9. The molecular weight excluding hydrogens is 1240 g/mol. The highest BCUT2D eigenvalue weighted by atomic mass is 79.9. The molecule has 0 radical (unpaired) electrons. The van der Waals surface area contributed by atoms with Gasteiger partial charge in [-0.05, 0) is 178 Å². The average Bonchev–Trinajstić information content (AvgIpc) is 1.58. The van der Waals surface area contributed by atoms with Crippen molar-refractivity contribution in [3.8, 4) is 44.5 Å². The summed E-state index contributed by atoms with van der Waals surface area (Å²) in [5.74, 6) is 0. The lowest BCUT2D eigenvalue weighted by atomic mass is 9.70. The quantitative estimate of drug-likeness (QED) is 0.0344. The second-order valence-corrected chi connectivity index (χ2v) is 30.2. The molecule has 0 bridgehead atoms. The molecule has 2 aromatic heterocycles. The Morgan fingerprint density at radius 3 is 0.913 bits per heavy atom. The van der Waals surface area contributed by atoms with Gasteiger partial charge in [0, 0.05) is 76.5 Å². The van der Waals surface area contributed by atoms with E-state index in [0.717, 1.165) is 34.9 Å². The molecule has 12 rings (SSSR count). The number of aryl methyl sites for hydroxylation is 2. The molecule has 0 saturated carbocycles. The molecule has 0 spiro atoms. The highest BCUT2D eigenvalue weighted by Gasteiger charge is 2.44. The van der Waals surface area contributed by atoms with Crippen LogP contribution in [0, 0.1) is 0 Å². The summed E-state index contributed by atoms with van der Waals surface area (Å²) < 4.78 is 7.51. The second-order valence-electron chi connectivity index (χ2n) is 28.4. The first-order valence-electron chi connectivity index (χ1n) is 37.2. The third-order valence-corrected chi connectivity index (χ3v) is 23.2. The van der Waals surface area contributed by atoms with Gasteiger partial charge in [-0.15, -0.1) is 0 Å². The van der Waals surface area contributed by atoms with Crippen LogP contribution < -0.4 is 0 Å². The molecule has 2 heterocycles. The first kappa shape index (κ1) is 66.3. The number of benzene rings is 8. The second kappa shape index (κ2) is 31.7. The van der Waals surface area contributed by atoms with E-state index in [1.54, 1.807) is 22.3 Å². The topological polar surface area (TPSA) is 9.86 Å². The molecule has 0 fully saturated rings. The molecule has 482 valence electrons. The lowest BCUT2D eigenvalue weighted by molar-refractivity contribution is 0.398. The zero-order chi connectivity index (χ0) is 63.3. The van der Waals surface area contributed by atoms with E-state index >= 15 is 0 Å². The van der Waals surface area contributed by atoms with Crippen molar-refractivity contribution in [1.29, 1.82) is 0 Å². The normalized spacial score (nSPS) is 13.7. The standard InChI is InChI=1S/C88H106Br2N2/c1-5-9-13-17-21-31-53-87(54-32-22-18-14-10-6-2)79-39-29-27-37-71(79)73-47-41-67(61-81(73)87)65-43-49-83-75(59-65)76-60-66(44-50-84(76)91(83)57-35-25-26-36-58-92-85-51-45-69(89)63-77(85)78-64-70(90)46-52-86(78)92)68-42-48-74-72-38-28-30-40-80(72)88(82(74)62-68,55-33-23-19-15-11-7-3)56-34-24-20-16-12-8-4/h27-30,37-52,59-64H,5-26,31-36,53-58H2,1-4H3. The number of fused-ring (bicyclic) bond motifs is 12. The Bertz CT molecular complexity index is 3790. The Morgan fingerprint density at radius 1 is 0.261 bits per heavy atom. The van der Waals surface area contributed by atoms with E-state index in [9.17, 15) is 0 Å². The molecule has 2 nitrogen and oxygen atoms in total. The molecule has 0 saturated heterocycles. The van der Waals surface area contributed by atoms with Crippen LogP contribution in [-0.4, -0.2) is 9.13 Å². The molecule has 8 aromatic carbocycles. The largest absolute Gasteiger partial charge is 0.340 e. The molecule has 92 heavy (non-hydrogen) atoms. The summed E-state index contributed by atoms with van der Waals surface area (Å²) >= 11 is 7.54. The minimum atomic E-state index is 0.0445. The number of aromatic nitrogens is 2. The van der Waals surface area contributed by atoms with E-state index < -0.39 is 0 Å². The van der Waals surface area contributed by atoms with Crippen molar-refractivity contribution in [2.45, 2.75) is 257 Å². The number of hydrogen-bond acceptors (Lipinski definition) is 0. The van der Waals surface area contributed by atoms with E-state index in [2.05, 4.69) is 226 Å². The van der Waals surface area contributed by atoms with Crippen LogP contribution in [0.25, 0.3) is 88.1 Å². The molecule has 0 atom stereocenters. The molecule has 0 aliphatic heterocycles. The third-order valence-electron chi connectivity index (χ3n) is 22.2. The fraction of sp³-hybridized carbons (Fsp3) is 0.455. The fourth-order valence-electron chi connectivity index (χ4n) is 17.3. The number of rotatable bonds is 37. The fourth-order valence-corrected chi connectivity index (χ4v) is 18.0. The lowest BCUT2D eigenvalue weighted by Gasteiger charge is -2.33. The van der Waals surface area contributed by atoms with Gasteiger partial charge in [0.15, 0.2) is 0 Å². The van der Waals surface area contributed by atoms with Gasteiger partial charge in [0.2, 0.25) is 0 Å². The summed E-state index contributed by atoms with van der Waals surface area (Å²) in [6, 6.07) is 63.1. The van der Waals surface area contributed by atoms with Crippen LogP contribution in [0.2, 0.25) is 0 Å². The Labute approximate surface area is 571 Å². The summed E-state index contributed by atoms with van der Waals surface area (Å²) in [4.78, 5) is 0. The molecule has 2 aliphatic carbocycles. The van der Waals surface area contributed by atoms with Crippen molar-refractivity contribution in [2.75, 3.05) is 0 Å². The van der Waals surface area contributed by atoms with Gasteiger partial charge in [0.25, 0.3) is 0 Å². The number of nitrogens with zero attached hydrogens (tertiary/aromatic N) is 2. The molecule has 0 amide bonds. The van der Waals surface area contributed by atoms with Crippen molar-refractivity contribution >= 4 is 75.5 Å². The van der Waals surface area contributed by atoms with Crippen molar-refractivity contribution < 1.29 is 0 Å². The molecule has 4 heteroatoms. The van der Waals surface area contributed by atoms with Crippen LogP contribution in [0.3, 0.4) is 0 Å². The Morgan fingerprint density at radius 2 is 0.543 bits per heavy atom. The monoisotopic (exact) mass is 1350 g/mol. The minimum absolute atomic E-state index is 0.0445. The first-order chi connectivity index (χ1) is 45.3. The molecular formula is C88H106Br2N2. The summed E-state index contributed by atoms with van der Waals surface area (Å²) in [6.07, 6.45) is 41.6. The van der Waals surface area contributed by atoms with Crippen molar-refractivity contribution in [2.24, 2.45) is 0 Å². The maximum atomic E-state index is 3.77. The Balaban J connectivity index is 0.898. The van der Waals surface area contributed by atoms with Crippen LogP contribution in [-0.2, 0) is 23.9 Å². The van der Waals surface area contributed by atoms with Gasteiger partial charge in [-0.1, -0.05) is 311 Å². The predicted molar refractivity (Wildman–Crippen MR) is 408 cm³/mol.